The maximum absolute atomic E-state index is 12.5. The van der Waals surface area contributed by atoms with Crippen molar-refractivity contribution in [1.29, 1.82) is 0 Å². The molecule has 154 valence electrons. The predicted octanol–water partition coefficient (Wildman–Crippen LogP) is 4.09. The fourth-order valence-electron chi connectivity index (χ4n) is 3.10. The van der Waals surface area contributed by atoms with Crippen molar-refractivity contribution in [3.05, 3.63) is 93.2 Å². The molecule has 0 bridgehead atoms. The number of aryl methyl sites for hydroxylation is 1. The molecule has 0 aliphatic heterocycles. The summed E-state index contributed by atoms with van der Waals surface area (Å²) in [6.07, 6.45) is 3.95. The van der Waals surface area contributed by atoms with Crippen LogP contribution < -0.4 is 0 Å². The Morgan fingerprint density at radius 1 is 1.20 bits per heavy atom. The van der Waals surface area contributed by atoms with Gasteiger partial charge in [0.25, 0.3) is 5.69 Å². The molecule has 0 fully saturated rings. The van der Waals surface area contributed by atoms with E-state index in [-0.39, 0.29) is 17.0 Å². The first kappa shape index (κ1) is 20.8. The van der Waals surface area contributed by atoms with Gasteiger partial charge in [-0.25, -0.2) is 4.79 Å². The molecule has 30 heavy (non-hydrogen) atoms. The molecule has 0 aliphatic rings. The highest BCUT2D eigenvalue weighted by Crippen LogP contribution is 2.20. The molecule has 0 amide bonds. The summed E-state index contributed by atoms with van der Waals surface area (Å²) in [5.41, 5.74) is 2.25. The minimum atomic E-state index is -0.758. The first-order chi connectivity index (χ1) is 14.4. The Kier molecular flexibility index (Phi) is 6.26. The SMILES string of the molecule is Cc1cc(C(=O)COC(=O)/C=C/c2ccccc2[N+](=O)[O-])c(C)n1Cc1ccco1. The Balaban J connectivity index is 1.63. The van der Waals surface area contributed by atoms with E-state index >= 15 is 0 Å². The van der Waals surface area contributed by atoms with Crippen molar-refractivity contribution in [2.45, 2.75) is 20.4 Å². The highest BCUT2D eigenvalue weighted by Gasteiger charge is 2.18. The van der Waals surface area contributed by atoms with E-state index in [1.165, 1.54) is 24.3 Å². The van der Waals surface area contributed by atoms with Crippen molar-refractivity contribution in [3.63, 3.8) is 0 Å². The van der Waals surface area contributed by atoms with E-state index in [1.54, 1.807) is 24.5 Å². The van der Waals surface area contributed by atoms with E-state index in [0.29, 0.717) is 12.1 Å². The molecular weight excluding hydrogens is 388 g/mol. The third-order valence-electron chi connectivity index (χ3n) is 4.65. The number of nitrogens with zero attached hydrogens (tertiary/aromatic N) is 2. The minimum absolute atomic E-state index is 0.123. The van der Waals surface area contributed by atoms with Crippen LogP contribution in [0, 0.1) is 24.0 Å². The second-order valence-electron chi connectivity index (χ2n) is 6.63. The van der Waals surface area contributed by atoms with Crippen molar-refractivity contribution in [2.75, 3.05) is 6.61 Å². The number of ether oxygens (including phenoxy) is 1. The number of esters is 1. The van der Waals surface area contributed by atoms with Crippen LogP contribution >= 0.6 is 0 Å². The van der Waals surface area contributed by atoms with Crippen molar-refractivity contribution >= 4 is 23.5 Å². The quantitative estimate of drug-likeness (QED) is 0.183. The van der Waals surface area contributed by atoms with E-state index < -0.39 is 17.5 Å². The fourth-order valence-corrected chi connectivity index (χ4v) is 3.10. The number of furan rings is 1. The van der Waals surface area contributed by atoms with Crippen LogP contribution in [0.1, 0.15) is 33.1 Å². The Morgan fingerprint density at radius 3 is 2.67 bits per heavy atom. The predicted molar refractivity (Wildman–Crippen MR) is 109 cm³/mol. The number of carbonyl (C=O) groups is 2. The molecule has 0 N–H and O–H groups in total. The highest BCUT2D eigenvalue weighted by molar-refractivity contribution is 6.00. The van der Waals surface area contributed by atoms with Gasteiger partial charge in [0.05, 0.1) is 23.3 Å². The normalized spacial score (nSPS) is 11.0. The van der Waals surface area contributed by atoms with Gasteiger partial charge in [-0.2, -0.15) is 0 Å². The van der Waals surface area contributed by atoms with Gasteiger partial charge in [-0.15, -0.1) is 0 Å². The monoisotopic (exact) mass is 408 g/mol. The summed E-state index contributed by atoms with van der Waals surface area (Å²) in [5, 5.41) is 11.0. The summed E-state index contributed by atoms with van der Waals surface area (Å²) < 4.78 is 12.3. The lowest BCUT2D eigenvalue weighted by Gasteiger charge is -2.08. The number of para-hydroxylation sites is 1. The zero-order valence-electron chi connectivity index (χ0n) is 16.5. The Labute approximate surface area is 172 Å². The number of Topliss-reactive ketones (excluding diaryl/α,β-unsaturated/α-hetero) is 1. The van der Waals surface area contributed by atoms with Crippen LogP contribution in [0.25, 0.3) is 6.08 Å². The number of benzene rings is 1. The van der Waals surface area contributed by atoms with Crippen molar-refractivity contribution in [1.82, 2.24) is 4.57 Å². The van der Waals surface area contributed by atoms with E-state index in [2.05, 4.69) is 0 Å². The maximum Gasteiger partial charge on any atom is 0.331 e. The summed E-state index contributed by atoms with van der Waals surface area (Å²) in [4.78, 5) is 34.9. The number of carbonyl (C=O) groups excluding carboxylic acids is 2. The largest absolute Gasteiger partial charge is 0.467 e. The molecule has 0 spiro atoms. The smallest absolute Gasteiger partial charge is 0.331 e. The van der Waals surface area contributed by atoms with Crippen molar-refractivity contribution in [2.24, 2.45) is 0 Å². The Bertz CT molecular complexity index is 1110. The summed E-state index contributed by atoms with van der Waals surface area (Å²) >= 11 is 0. The van der Waals surface area contributed by atoms with Crippen LogP contribution in [0.15, 0.2) is 59.2 Å². The van der Waals surface area contributed by atoms with Crippen LogP contribution in [0.3, 0.4) is 0 Å². The van der Waals surface area contributed by atoms with Crippen molar-refractivity contribution in [3.8, 4) is 0 Å². The molecule has 3 rings (SSSR count). The average Bonchev–Trinajstić information content (AvgIpc) is 3.34. The van der Waals surface area contributed by atoms with Crippen LogP contribution in [-0.2, 0) is 16.1 Å². The third-order valence-corrected chi connectivity index (χ3v) is 4.65. The fraction of sp³-hybridized carbons (Fsp3) is 0.182. The molecular formula is C22H20N2O6. The molecule has 8 heteroatoms. The first-order valence-corrected chi connectivity index (χ1v) is 9.17. The number of nitro groups is 1. The van der Waals surface area contributed by atoms with E-state index in [0.717, 1.165) is 23.2 Å². The summed E-state index contributed by atoms with van der Waals surface area (Å²) in [7, 11) is 0. The zero-order valence-corrected chi connectivity index (χ0v) is 16.5. The third kappa shape index (κ3) is 4.72. The molecule has 3 aromatic rings. The molecule has 0 unspecified atom stereocenters. The van der Waals surface area contributed by atoms with Gasteiger partial charge in [-0.1, -0.05) is 12.1 Å². The minimum Gasteiger partial charge on any atom is -0.467 e. The van der Waals surface area contributed by atoms with Gasteiger partial charge in [-0.05, 0) is 44.2 Å². The van der Waals surface area contributed by atoms with Gasteiger partial charge in [-0.3, -0.25) is 14.9 Å². The lowest BCUT2D eigenvalue weighted by Crippen LogP contribution is -2.13. The Hall–Kier alpha value is -3.94. The van der Waals surface area contributed by atoms with E-state index in [1.807, 2.05) is 24.5 Å². The number of hydrogen-bond acceptors (Lipinski definition) is 6. The van der Waals surface area contributed by atoms with Gasteiger partial charge < -0.3 is 13.7 Å². The molecule has 0 radical (unpaired) electrons. The molecule has 2 aromatic heterocycles. The number of ketones is 1. The van der Waals surface area contributed by atoms with Crippen LogP contribution in [-0.4, -0.2) is 27.8 Å². The molecule has 2 heterocycles. The highest BCUT2D eigenvalue weighted by atomic mass is 16.6. The van der Waals surface area contributed by atoms with Gasteiger partial charge in [0, 0.05) is 29.1 Å². The molecule has 0 atom stereocenters. The molecule has 8 nitrogen and oxygen atoms in total. The maximum atomic E-state index is 12.5. The molecule has 1 aromatic carbocycles. The second-order valence-corrected chi connectivity index (χ2v) is 6.63. The first-order valence-electron chi connectivity index (χ1n) is 9.17. The number of hydrogen-bond donors (Lipinski definition) is 0. The van der Waals surface area contributed by atoms with Crippen LogP contribution in [0.5, 0.6) is 0 Å². The topological polar surface area (TPSA) is 105 Å². The van der Waals surface area contributed by atoms with Gasteiger partial charge in [0.1, 0.15) is 5.76 Å². The molecule has 0 aliphatic carbocycles. The standard InChI is InChI=1S/C22H20N2O6/c1-15-12-19(16(2)23(15)13-18-7-5-11-29-18)21(25)14-30-22(26)10-9-17-6-3-4-8-20(17)24(27)28/h3-12H,13-14H2,1-2H3/b10-9+. The van der Waals surface area contributed by atoms with Crippen LogP contribution in [0.4, 0.5) is 5.69 Å². The lowest BCUT2D eigenvalue weighted by atomic mass is 10.1. The Morgan fingerprint density at radius 2 is 1.97 bits per heavy atom. The number of aromatic nitrogens is 1. The summed E-state index contributed by atoms with van der Waals surface area (Å²) in [6, 6.07) is 11.4. The van der Waals surface area contributed by atoms with Crippen molar-refractivity contribution < 1.29 is 23.7 Å². The van der Waals surface area contributed by atoms with Crippen LogP contribution in [0.2, 0.25) is 0 Å². The number of nitro benzene ring substituents is 1. The zero-order chi connectivity index (χ0) is 21.7. The molecule has 0 saturated carbocycles. The molecule has 0 saturated heterocycles. The lowest BCUT2D eigenvalue weighted by molar-refractivity contribution is -0.385. The van der Waals surface area contributed by atoms with E-state index in [9.17, 15) is 19.7 Å². The average molecular weight is 408 g/mol. The van der Waals surface area contributed by atoms with E-state index in [4.69, 9.17) is 9.15 Å². The van der Waals surface area contributed by atoms with Gasteiger partial charge >= 0.3 is 5.97 Å². The summed E-state index contributed by atoms with van der Waals surface area (Å²) in [6.45, 7) is 3.77. The van der Waals surface area contributed by atoms with Gasteiger partial charge in [0.15, 0.2) is 6.61 Å². The summed E-state index contributed by atoms with van der Waals surface area (Å²) in [5.74, 6) is -0.325. The second kappa shape index (κ2) is 9.04. The number of rotatable bonds is 8. The van der Waals surface area contributed by atoms with Gasteiger partial charge in [0.2, 0.25) is 5.78 Å².